The highest BCUT2D eigenvalue weighted by Gasteiger charge is 2.12. The van der Waals surface area contributed by atoms with Crippen LogP contribution >= 0.6 is 34.5 Å². The summed E-state index contributed by atoms with van der Waals surface area (Å²) in [5, 5.41) is 5.51. The van der Waals surface area contributed by atoms with Crippen LogP contribution in [0.5, 0.6) is 0 Å². The molecule has 0 aliphatic heterocycles. The van der Waals surface area contributed by atoms with Crippen LogP contribution in [0.2, 0.25) is 10.0 Å². The van der Waals surface area contributed by atoms with E-state index in [4.69, 9.17) is 33.2 Å². The van der Waals surface area contributed by atoms with E-state index in [1.165, 1.54) is 10.4 Å². The summed E-state index contributed by atoms with van der Waals surface area (Å²) in [7, 11) is 0. The van der Waals surface area contributed by atoms with Crippen molar-refractivity contribution in [2.45, 2.75) is 13.3 Å². The third-order valence-corrected chi connectivity index (χ3v) is 5.27. The summed E-state index contributed by atoms with van der Waals surface area (Å²) in [4.78, 5) is 11.7. The number of nitrogens with one attached hydrogen (secondary N) is 1. The average molecular weight is 400 g/mol. The van der Waals surface area contributed by atoms with E-state index < -0.39 is 0 Å². The van der Waals surface area contributed by atoms with Gasteiger partial charge in [0, 0.05) is 27.0 Å². The zero-order valence-corrected chi connectivity index (χ0v) is 16.3. The molecule has 0 fully saturated rings. The highest BCUT2D eigenvalue weighted by atomic mass is 35.5. The number of nitrogens with zero attached hydrogens (tertiary/aromatic N) is 2. The van der Waals surface area contributed by atoms with Crippen molar-refractivity contribution in [3.05, 3.63) is 80.9 Å². The Kier molecular flexibility index (Phi) is 4.81. The molecule has 0 unspecified atom stereocenters. The molecule has 0 bridgehead atoms. The number of rotatable bonds is 4. The van der Waals surface area contributed by atoms with Gasteiger partial charge in [0.25, 0.3) is 0 Å². The number of anilines is 2. The molecule has 3 nitrogen and oxygen atoms in total. The van der Waals surface area contributed by atoms with Gasteiger partial charge in [-0.25, -0.2) is 9.97 Å². The first-order valence-electron chi connectivity index (χ1n) is 8.11. The van der Waals surface area contributed by atoms with Crippen LogP contribution in [-0.2, 0) is 6.42 Å². The summed E-state index contributed by atoms with van der Waals surface area (Å²) in [6.45, 7) is 2.07. The third-order valence-electron chi connectivity index (χ3n) is 3.89. The van der Waals surface area contributed by atoms with Crippen LogP contribution in [0.4, 0.5) is 11.5 Å². The van der Waals surface area contributed by atoms with Gasteiger partial charge in [0.05, 0.1) is 5.39 Å². The van der Waals surface area contributed by atoms with Crippen molar-refractivity contribution in [2.75, 3.05) is 5.32 Å². The molecule has 26 heavy (non-hydrogen) atoms. The minimum absolute atomic E-state index is 0.580. The second kappa shape index (κ2) is 7.23. The molecule has 4 aromatic rings. The van der Waals surface area contributed by atoms with Crippen LogP contribution in [-0.4, -0.2) is 9.97 Å². The van der Waals surface area contributed by atoms with Gasteiger partial charge in [-0.3, -0.25) is 0 Å². The SMILES string of the molecule is Cc1cc2c(Nc3cc(Cl)cc(Cl)c3)nc(Cc3ccccc3)nc2s1. The highest BCUT2D eigenvalue weighted by Crippen LogP contribution is 2.32. The molecule has 4 rings (SSSR count). The van der Waals surface area contributed by atoms with E-state index in [0.29, 0.717) is 16.5 Å². The molecule has 2 aromatic carbocycles. The Morgan fingerprint density at radius 1 is 0.962 bits per heavy atom. The van der Waals surface area contributed by atoms with Crippen molar-refractivity contribution in [3.8, 4) is 0 Å². The molecule has 6 heteroatoms. The van der Waals surface area contributed by atoms with E-state index in [2.05, 4.69) is 30.4 Å². The number of fused-ring (bicyclic) bond motifs is 1. The summed E-state index contributed by atoms with van der Waals surface area (Å²) in [5.41, 5.74) is 1.98. The van der Waals surface area contributed by atoms with Crippen LogP contribution < -0.4 is 5.32 Å². The maximum Gasteiger partial charge on any atom is 0.142 e. The molecule has 0 saturated carbocycles. The molecule has 0 aliphatic carbocycles. The van der Waals surface area contributed by atoms with E-state index in [0.717, 1.165) is 27.5 Å². The average Bonchev–Trinajstić information content (AvgIpc) is 2.95. The molecule has 2 aromatic heterocycles. The molecule has 130 valence electrons. The van der Waals surface area contributed by atoms with Crippen LogP contribution in [0.15, 0.2) is 54.6 Å². The Labute approximate surface area is 165 Å². The Morgan fingerprint density at radius 2 is 1.69 bits per heavy atom. The highest BCUT2D eigenvalue weighted by molar-refractivity contribution is 7.18. The number of aromatic nitrogens is 2. The number of benzene rings is 2. The molecule has 0 saturated heterocycles. The van der Waals surface area contributed by atoms with Gasteiger partial charge in [0.1, 0.15) is 16.5 Å². The van der Waals surface area contributed by atoms with E-state index in [1.807, 2.05) is 30.3 Å². The minimum atomic E-state index is 0.580. The summed E-state index contributed by atoms with van der Waals surface area (Å²) < 4.78 is 0. The number of thiophene rings is 1. The van der Waals surface area contributed by atoms with Gasteiger partial charge in [-0.2, -0.15) is 0 Å². The molecule has 0 spiro atoms. The van der Waals surface area contributed by atoms with Gasteiger partial charge in [0.2, 0.25) is 0 Å². The monoisotopic (exact) mass is 399 g/mol. The third kappa shape index (κ3) is 3.83. The quantitative estimate of drug-likeness (QED) is 0.417. The Hall–Kier alpha value is -2.14. The van der Waals surface area contributed by atoms with Crippen molar-refractivity contribution >= 4 is 56.3 Å². The summed E-state index contributed by atoms with van der Waals surface area (Å²) in [5.74, 6) is 1.55. The first kappa shape index (κ1) is 17.3. The van der Waals surface area contributed by atoms with Gasteiger partial charge in [0.15, 0.2) is 0 Å². The molecular formula is C20H15Cl2N3S. The Morgan fingerprint density at radius 3 is 2.42 bits per heavy atom. The number of hydrogen-bond acceptors (Lipinski definition) is 4. The first-order valence-corrected chi connectivity index (χ1v) is 9.68. The summed E-state index contributed by atoms with van der Waals surface area (Å²) in [6, 6.07) is 17.7. The number of hydrogen-bond donors (Lipinski definition) is 1. The van der Waals surface area contributed by atoms with Crippen LogP contribution in [0.1, 0.15) is 16.3 Å². The van der Waals surface area contributed by atoms with Crippen molar-refractivity contribution in [3.63, 3.8) is 0 Å². The van der Waals surface area contributed by atoms with Crippen LogP contribution in [0.25, 0.3) is 10.2 Å². The lowest BCUT2D eigenvalue weighted by atomic mass is 10.1. The molecule has 1 N–H and O–H groups in total. The summed E-state index contributed by atoms with van der Waals surface area (Å²) in [6.07, 6.45) is 0.679. The van der Waals surface area contributed by atoms with Crippen LogP contribution in [0.3, 0.4) is 0 Å². The normalized spacial score (nSPS) is 11.0. The van der Waals surface area contributed by atoms with E-state index in [9.17, 15) is 0 Å². The zero-order valence-electron chi connectivity index (χ0n) is 14.0. The van der Waals surface area contributed by atoms with E-state index in [-0.39, 0.29) is 0 Å². The second-order valence-electron chi connectivity index (χ2n) is 6.01. The largest absolute Gasteiger partial charge is 0.339 e. The standard InChI is InChI=1S/C20H15Cl2N3S/c1-12-7-17-19(23-16-10-14(21)9-15(22)11-16)24-18(25-20(17)26-12)8-13-5-3-2-4-6-13/h2-7,9-11H,8H2,1H3,(H,23,24,25). The Bertz CT molecular complexity index is 1060. The topological polar surface area (TPSA) is 37.8 Å². The lowest BCUT2D eigenvalue weighted by molar-refractivity contribution is 1.000. The second-order valence-corrected chi connectivity index (χ2v) is 8.12. The molecular weight excluding hydrogens is 385 g/mol. The molecule has 2 heterocycles. The van der Waals surface area contributed by atoms with Crippen molar-refractivity contribution < 1.29 is 0 Å². The van der Waals surface area contributed by atoms with E-state index >= 15 is 0 Å². The number of aryl methyl sites for hydroxylation is 1. The van der Waals surface area contributed by atoms with Gasteiger partial charge in [-0.15, -0.1) is 11.3 Å². The fourth-order valence-electron chi connectivity index (χ4n) is 2.80. The fourth-order valence-corrected chi connectivity index (χ4v) is 4.23. The molecule has 0 radical (unpaired) electrons. The van der Waals surface area contributed by atoms with Gasteiger partial charge in [-0.1, -0.05) is 53.5 Å². The summed E-state index contributed by atoms with van der Waals surface area (Å²) >= 11 is 13.9. The lowest BCUT2D eigenvalue weighted by Crippen LogP contribution is -2.01. The zero-order chi connectivity index (χ0) is 18.1. The van der Waals surface area contributed by atoms with E-state index in [1.54, 1.807) is 17.4 Å². The lowest BCUT2D eigenvalue weighted by Gasteiger charge is -2.10. The number of halogens is 2. The van der Waals surface area contributed by atoms with Crippen molar-refractivity contribution in [2.24, 2.45) is 0 Å². The molecule has 0 amide bonds. The predicted octanol–water partition coefficient (Wildman–Crippen LogP) is 6.64. The minimum Gasteiger partial charge on any atom is -0.339 e. The fraction of sp³-hybridized carbons (Fsp3) is 0.100. The molecule has 0 atom stereocenters. The Balaban J connectivity index is 1.76. The predicted molar refractivity (Wildman–Crippen MR) is 111 cm³/mol. The van der Waals surface area contributed by atoms with Gasteiger partial charge >= 0.3 is 0 Å². The first-order chi connectivity index (χ1) is 12.6. The smallest absolute Gasteiger partial charge is 0.142 e. The molecule has 0 aliphatic rings. The van der Waals surface area contributed by atoms with Gasteiger partial charge in [-0.05, 0) is 36.8 Å². The maximum atomic E-state index is 6.12. The van der Waals surface area contributed by atoms with Crippen molar-refractivity contribution in [1.29, 1.82) is 0 Å². The van der Waals surface area contributed by atoms with Gasteiger partial charge < -0.3 is 5.32 Å². The van der Waals surface area contributed by atoms with Crippen LogP contribution in [0, 0.1) is 6.92 Å². The maximum absolute atomic E-state index is 6.12. The van der Waals surface area contributed by atoms with Crippen molar-refractivity contribution in [1.82, 2.24) is 9.97 Å².